The Bertz CT molecular complexity index is 4700. The van der Waals surface area contributed by atoms with Crippen molar-refractivity contribution in [3.05, 3.63) is 457 Å². The van der Waals surface area contributed by atoms with Gasteiger partial charge in [-0.3, -0.25) is 0 Å². The molecule has 0 aromatic heterocycles. The minimum atomic E-state index is 0. The Morgan fingerprint density at radius 1 is 0.156 bits per heavy atom. The van der Waals surface area contributed by atoms with Crippen LogP contribution in [0.5, 0.6) is 0 Å². The number of benzene rings is 13. The molecular formula is C128H178. The van der Waals surface area contributed by atoms with Gasteiger partial charge in [-0.15, -0.1) is 0 Å². The standard InChI is InChI=1S/C26H30.3C12H18.4C10H14.3C8H10.2CH4/c1-16-8-10-23(11-9-16)26(24-12-17(2)21(6)18(3)13-24)25-14-19(4)22(7)20(5)15-25;3*1-9-6-7-11(10(2)8-9)12(3,4)5;4*1-8(2)10-6-4-9(3)5-7-10;3*1-7-5-3-4-6-8(7)2;;/h8-15,26H,1-7H3;3*6-8H,1-5H3;4*4-8H,1-3H3;3*3-6H,1-2H3;2*1H4. The summed E-state index contributed by atoms with van der Waals surface area (Å²) in [6.07, 6.45) is 0. The Balaban J connectivity index is 0.000000719. The van der Waals surface area contributed by atoms with Crippen molar-refractivity contribution >= 4 is 0 Å². The number of rotatable bonds is 7. The summed E-state index contributed by atoms with van der Waals surface area (Å²) in [6.45, 7) is 87.6. The lowest BCUT2D eigenvalue weighted by Gasteiger charge is -2.23. The smallest absolute Gasteiger partial charge is 0.0340 e. The molecule has 128 heavy (non-hydrogen) atoms. The largest absolute Gasteiger partial charge is 0.0776 e. The molecule has 0 heteroatoms. The highest BCUT2D eigenvalue weighted by Crippen LogP contribution is 2.37. The second kappa shape index (κ2) is 56.3. The lowest BCUT2D eigenvalue weighted by atomic mass is 9.81. The molecule has 13 rings (SSSR count). The third-order valence-electron chi connectivity index (χ3n) is 23.8. The fraction of sp³-hybridized carbons (Fsp3) is 0.391. The molecule has 13 aromatic rings. The minimum Gasteiger partial charge on any atom is -0.0776 e. The van der Waals surface area contributed by atoms with Crippen LogP contribution in [-0.4, -0.2) is 0 Å². The van der Waals surface area contributed by atoms with Crippen LogP contribution in [-0.2, 0) is 16.2 Å². The Morgan fingerprint density at radius 3 is 0.453 bits per heavy atom. The SMILES string of the molecule is C.C.Cc1ccc(C(C)(C)C)c(C)c1.Cc1ccc(C(C)(C)C)c(C)c1.Cc1ccc(C(C)(C)C)c(C)c1.Cc1ccc(C(C)C)cc1.Cc1ccc(C(C)C)cc1.Cc1ccc(C(C)C)cc1.Cc1ccc(C(C)C)cc1.Cc1ccc(C(c2cc(C)c(C)c(C)c2)c2cc(C)c(C)c(C)c2)cc1.Cc1ccccc1C.Cc1ccccc1C.Cc1ccccc1C. The van der Waals surface area contributed by atoms with E-state index in [1.165, 1.54) is 184 Å². The number of hydrogen-bond acceptors (Lipinski definition) is 0. The summed E-state index contributed by atoms with van der Waals surface area (Å²) < 4.78 is 0. The van der Waals surface area contributed by atoms with Crippen LogP contribution in [0.2, 0.25) is 0 Å². The second-order valence-corrected chi connectivity index (χ2v) is 40.1. The zero-order chi connectivity index (χ0) is 95.3. The summed E-state index contributed by atoms with van der Waals surface area (Å²) in [5.41, 5.74) is 46.4. The van der Waals surface area contributed by atoms with Crippen LogP contribution in [0, 0.1) is 159 Å². The molecule has 0 saturated carbocycles. The molecule has 0 nitrogen and oxygen atoms in total. The molecule has 0 unspecified atom stereocenters. The van der Waals surface area contributed by atoms with Crippen molar-refractivity contribution in [3.8, 4) is 0 Å². The highest BCUT2D eigenvalue weighted by Gasteiger charge is 2.21. The molecule has 0 spiro atoms. The van der Waals surface area contributed by atoms with Crippen LogP contribution >= 0.6 is 0 Å². The first-order chi connectivity index (χ1) is 58.7. The van der Waals surface area contributed by atoms with Gasteiger partial charge in [-0.1, -0.05) is 450 Å². The zero-order valence-corrected chi connectivity index (χ0v) is 86.9. The summed E-state index contributed by atoms with van der Waals surface area (Å²) in [5, 5.41) is 0. The molecule has 0 bridgehead atoms. The van der Waals surface area contributed by atoms with Gasteiger partial charge in [0.25, 0.3) is 0 Å². The van der Waals surface area contributed by atoms with Gasteiger partial charge in [0.1, 0.15) is 0 Å². The molecule has 0 radical (unpaired) electrons. The Kier molecular flexibility index (Phi) is 51.0. The van der Waals surface area contributed by atoms with Gasteiger partial charge in [0.05, 0.1) is 0 Å². The molecule has 0 fully saturated rings. The average Bonchev–Trinajstić information content (AvgIpc) is 0.780. The first-order valence-electron chi connectivity index (χ1n) is 46.5. The van der Waals surface area contributed by atoms with Crippen LogP contribution in [0.25, 0.3) is 0 Å². The van der Waals surface area contributed by atoms with Crippen molar-refractivity contribution in [3.63, 3.8) is 0 Å². The van der Waals surface area contributed by atoms with Crippen LogP contribution in [0.4, 0.5) is 0 Å². The number of aryl methyl sites for hydroxylation is 21. The van der Waals surface area contributed by atoms with Crippen molar-refractivity contribution in [2.45, 2.75) is 338 Å². The van der Waals surface area contributed by atoms with E-state index in [9.17, 15) is 0 Å². The lowest BCUT2D eigenvalue weighted by Crippen LogP contribution is -2.12. The Labute approximate surface area is 788 Å². The van der Waals surface area contributed by atoms with Gasteiger partial charge in [-0.25, -0.2) is 0 Å². The van der Waals surface area contributed by atoms with Gasteiger partial charge in [0.15, 0.2) is 0 Å². The summed E-state index contributed by atoms with van der Waals surface area (Å²) in [6, 6.07) is 98.5. The van der Waals surface area contributed by atoms with E-state index >= 15 is 0 Å². The summed E-state index contributed by atoms with van der Waals surface area (Å²) in [5.74, 6) is 2.88. The monoisotopic (exact) mass is 1720 g/mol. The molecule has 0 aliphatic carbocycles. The minimum absolute atomic E-state index is 0. The van der Waals surface area contributed by atoms with Crippen molar-refractivity contribution in [2.24, 2.45) is 0 Å². The van der Waals surface area contributed by atoms with E-state index in [0.717, 1.165) is 0 Å². The maximum absolute atomic E-state index is 2.37. The van der Waals surface area contributed by atoms with Gasteiger partial charge < -0.3 is 0 Å². The van der Waals surface area contributed by atoms with E-state index in [4.69, 9.17) is 0 Å². The van der Waals surface area contributed by atoms with Crippen molar-refractivity contribution in [1.82, 2.24) is 0 Å². The maximum atomic E-state index is 2.37. The quantitative estimate of drug-likeness (QED) is 0.140. The van der Waals surface area contributed by atoms with Gasteiger partial charge >= 0.3 is 0 Å². The van der Waals surface area contributed by atoms with Crippen molar-refractivity contribution < 1.29 is 0 Å². The van der Waals surface area contributed by atoms with Gasteiger partial charge in [0.2, 0.25) is 0 Å². The van der Waals surface area contributed by atoms with Crippen molar-refractivity contribution in [2.75, 3.05) is 0 Å². The maximum Gasteiger partial charge on any atom is 0.0340 e. The normalized spacial score (nSPS) is 10.6. The molecule has 13 aromatic carbocycles. The van der Waals surface area contributed by atoms with Gasteiger partial charge in [-0.2, -0.15) is 0 Å². The molecule has 0 amide bonds. The predicted octanol–water partition coefficient (Wildman–Crippen LogP) is 38.5. The summed E-state index contributed by atoms with van der Waals surface area (Å²) in [4.78, 5) is 0. The Hall–Kier alpha value is -10.1. The van der Waals surface area contributed by atoms with E-state index in [-0.39, 0.29) is 37.0 Å². The molecule has 0 N–H and O–H groups in total. The van der Waals surface area contributed by atoms with Gasteiger partial charge in [0, 0.05) is 5.92 Å². The first kappa shape index (κ1) is 116. The first-order valence-corrected chi connectivity index (χ1v) is 46.5. The fourth-order valence-corrected chi connectivity index (χ4v) is 14.6. The van der Waals surface area contributed by atoms with Crippen LogP contribution in [0.1, 0.15) is 346 Å². The lowest BCUT2D eigenvalue weighted by molar-refractivity contribution is 0.585. The van der Waals surface area contributed by atoms with E-state index in [2.05, 4.69) is 550 Å². The second-order valence-electron chi connectivity index (χ2n) is 40.1. The van der Waals surface area contributed by atoms with Crippen LogP contribution < -0.4 is 0 Å². The summed E-state index contributed by atoms with van der Waals surface area (Å²) >= 11 is 0. The zero-order valence-electron chi connectivity index (χ0n) is 86.9. The molecular weight excluding hydrogens is 1540 g/mol. The highest BCUT2D eigenvalue weighted by atomic mass is 14.3. The number of hydrogen-bond donors (Lipinski definition) is 0. The third kappa shape index (κ3) is 42.4. The van der Waals surface area contributed by atoms with E-state index in [1.807, 2.05) is 0 Å². The van der Waals surface area contributed by atoms with E-state index in [0.29, 0.717) is 23.7 Å². The van der Waals surface area contributed by atoms with Crippen LogP contribution in [0.15, 0.2) is 273 Å². The summed E-state index contributed by atoms with van der Waals surface area (Å²) in [7, 11) is 0. The van der Waals surface area contributed by atoms with Crippen LogP contribution in [0.3, 0.4) is 0 Å². The highest BCUT2D eigenvalue weighted by molar-refractivity contribution is 5.51. The molecule has 0 aliphatic heterocycles. The fourth-order valence-electron chi connectivity index (χ4n) is 14.6. The molecule has 0 saturated heterocycles. The predicted molar refractivity (Wildman–Crippen MR) is 580 cm³/mol. The molecule has 690 valence electrons. The van der Waals surface area contributed by atoms with E-state index < -0.39 is 0 Å². The van der Waals surface area contributed by atoms with Crippen molar-refractivity contribution in [1.29, 1.82) is 0 Å². The Morgan fingerprint density at radius 2 is 0.312 bits per heavy atom. The molecule has 0 atom stereocenters. The molecule has 0 heterocycles. The molecule has 0 aliphatic rings. The average molecular weight is 1720 g/mol. The third-order valence-corrected chi connectivity index (χ3v) is 23.8. The van der Waals surface area contributed by atoms with E-state index in [1.54, 1.807) is 0 Å². The van der Waals surface area contributed by atoms with Gasteiger partial charge in [-0.05, 0) is 338 Å². The topological polar surface area (TPSA) is 0 Å².